The number of ether oxygens (including phenoxy) is 1. The van der Waals surface area contributed by atoms with Gasteiger partial charge in [0.2, 0.25) is 5.91 Å². The van der Waals surface area contributed by atoms with E-state index in [1.807, 2.05) is 56.3 Å². The molecule has 0 spiro atoms. The highest BCUT2D eigenvalue weighted by molar-refractivity contribution is 9.10. The first-order chi connectivity index (χ1) is 11.1. The van der Waals surface area contributed by atoms with Gasteiger partial charge in [0.05, 0.1) is 12.3 Å². The monoisotopic (exact) mass is 376 g/mol. The molecule has 23 heavy (non-hydrogen) atoms. The van der Waals surface area contributed by atoms with Gasteiger partial charge in [-0.05, 0) is 49.7 Å². The SMILES string of the molecule is CCOc1ccccc1NCCC(=O)Nc1ccc(Br)c(C)c1. The fraction of sp³-hybridized carbons (Fsp3) is 0.278. The number of carbonyl (C=O) groups excluding carboxylic acids is 1. The minimum atomic E-state index is -0.0203. The third-order valence-corrected chi connectivity index (χ3v) is 4.19. The predicted molar refractivity (Wildman–Crippen MR) is 98.2 cm³/mol. The molecule has 0 saturated heterocycles. The van der Waals surface area contributed by atoms with E-state index in [1.54, 1.807) is 0 Å². The van der Waals surface area contributed by atoms with Gasteiger partial charge in [0.25, 0.3) is 0 Å². The average Bonchev–Trinajstić information content (AvgIpc) is 2.53. The van der Waals surface area contributed by atoms with Crippen molar-refractivity contribution in [2.24, 2.45) is 0 Å². The van der Waals surface area contributed by atoms with Crippen LogP contribution in [0, 0.1) is 6.92 Å². The molecule has 0 heterocycles. The second-order valence-electron chi connectivity index (χ2n) is 5.12. The number of hydrogen-bond acceptors (Lipinski definition) is 3. The molecule has 0 aliphatic heterocycles. The van der Waals surface area contributed by atoms with Gasteiger partial charge >= 0.3 is 0 Å². The number of halogens is 1. The molecular formula is C18H21BrN2O2. The summed E-state index contributed by atoms with van der Waals surface area (Å²) in [6.07, 6.45) is 0.384. The Morgan fingerprint density at radius 1 is 1.22 bits per heavy atom. The molecule has 0 aliphatic carbocycles. The number of hydrogen-bond donors (Lipinski definition) is 2. The van der Waals surface area contributed by atoms with Crippen LogP contribution in [0.3, 0.4) is 0 Å². The summed E-state index contributed by atoms with van der Waals surface area (Å²) in [4.78, 5) is 12.0. The van der Waals surface area contributed by atoms with Crippen LogP contribution in [0.1, 0.15) is 18.9 Å². The molecule has 2 rings (SSSR count). The lowest BCUT2D eigenvalue weighted by atomic mass is 10.2. The van der Waals surface area contributed by atoms with Crippen molar-refractivity contribution in [3.8, 4) is 5.75 Å². The highest BCUT2D eigenvalue weighted by Crippen LogP contribution is 2.23. The van der Waals surface area contributed by atoms with Gasteiger partial charge in [0.1, 0.15) is 5.75 Å². The Labute approximate surface area is 145 Å². The lowest BCUT2D eigenvalue weighted by molar-refractivity contribution is -0.115. The molecule has 0 aliphatic rings. The van der Waals surface area contributed by atoms with Crippen LogP contribution in [-0.2, 0) is 4.79 Å². The zero-order valence-electron chi connectivity index (χ0n) is 13.4. The van der Waals surface area contributed by atoms with Gasteiger partial charge in [-0.15, -0.1) is 0 Å². The molecule has 0 aromatic heterocycles. The summed E-state index contributed by atoms with van der Waals surface area (Å²) in [5, 5.41) is 6.15. The van der Waals surface area contributed by atoms with E-state index >= 15 is 0 Å². The highest BCUT2D eigenvalue weighted by atomic mass is 79.9. The molecule has 2 aromatic rings. The van der Waals surface area contributed by atoms with Gasteiger partial charge in [-0.2, -0.15) is 0 Å². The summed E-state index contributed by atoms with van der Waals surface area (Å²) in [6, 6.07) is 13.5. The van der Waals surface area contributed by atoms with Crippen molar-refractivity contribution in [2.45, 2.75) is 20.3 Å². The van der Waals surface area contributed by atoms with Gasteiger partial charge in [0.15, 0.2) is 0 Å². The summed E-state index contributed by atoms with van der Waals surface area (Å²) in [7, 11) is 0. The fourth-order valence-electron chi connectivity index (χ4n) is 2.15. The van der Waals surface area contributed by atoms with Gasteiger partial charge in [-0.25, -0.2) is 0 Å². The van der Waals surface area contributed by atoms with Crippen LogP contribution < -0.4 is 15.4 Å². The number of carbonyl (C=O) groups is 1. The summed E-state index contributed by atoms with van der Waals surface area (Å²) in [6.45, 7) is 5.10. The molecule has 122 valence electrons. The summed E-state index contributed by atoms with van der Waals surface area (Å²) in [5.74, 6) is 0.784. The van der Waals surface area contributed by atoms with Crippen molar-refractivity contribution in [3.05, 3.63) is 52.5 Å². The number of rotatable bonds is 7. The highest BCUT2D eigenvalue weighted by Gasteiger charge is 2.05. The molecule has 5 heteroatoms. The minimum Gasteiger partial charge on any atom is -0.492 e. The Morgan fingerprint density at radius 3 is 2.74 bits per heavy atom. The summed E-state index contributed by atoms with van der Waals surface area (Å²) < 4.78 is 6.58. The number of amides is 1. The molecule has 0 radical (unpaired) electrons. The van der Waals surface area contributed by atoms with E-state index in [0.29, 0.717) is 19.6 Å². The second kappa shape index (κ2) is 8.58. The standard InChI is InChI=1S/C18H21BrN2O2/c1-3-23-17-7-5-4-6-16(17)20-11-10-18(22)21-14-8-9-15(19)13(2)12-14/h4-9,12,20H,3,10-11H2,1-2H3,(H,21,22). The molecule has 4 nitrogen and oxygen atoms in total. The second-order valence-corrected chi connectivity index (χ2v) is 5.97. The number of aryl methyl sites for hydroxylation is 1. The number of benzene rings is 2. The van der Waals surface area contributed by atoms with Crippen LogP contribution in [0.25, 0.3) is 0 Å². The normalized spacial score (nSPS) is 10.2. The average molecular weight is 377 g/mol. The van der Waals surface area contributed by atoms with Crippen molar-refractivity contribution >= 4 is 33.2 Å². The summed E-state index contributed by atoms with van der Waals surface area (Å²) >= 11 is 3.45. The maximum Gasteiger partial charge on any atom is 0.226 e. The fourth-order valence-corrected chi connectivity index (χ4v) is 2.40. The van der Waals surface area contributed by atoms with Gasteiger partial charge in [-0.3, -0.25) is 4.79 Å². The zero-order chi connectivity index (χ0) is 16.7. The van der Waals surface area contributed by atoms with E-state index in [9.17, 15) is 4.79 Å². The van der Waals surface area contributed by atoms with Crippen LogP contribution in [0.5, 0.6) is 5.75 Å². The van der Waals surface area contributed by atoms with E-state index in [2.05, 4.69) is 26.6 Å². The van der Waals surface area contributed by atoms with Crippen LogP contribution in [0.4, 0.5) is 11.4 Å². The summed E-state index contributed by atoms with van der Waals surface area (Å²) in [5.41, 5.74) is 2.80. The maximum absolute atomic E-state index is 12.0. The van der Waals surface area contributed by atoms with Crippen LogP contribution >= 0.6 is 15.9 Å². The molecule has 0 saturated carbocycles. The topological polar surface area (TPSA) is 50.4 Å². The first-order valence-corrected chi connectivity index (χ1v) is 8.41. The van der Waals surface area contributed by atoms with E-state index in [1.165, 1.54) is 0 Å². The Hall–Kier alpha value is -2.01. The van der Waals surface area contributed by atoms with Crippen molar-refractivity contribution < 1.29 is 9.53 Å². The van der Waals surface area contributed by atoms with Gasteiger partial charge in [0, 0.05) is 23.1 Å². The quantitative estimate of drug-likeness (QED) is 0.742. The molecule has 0 bridgehead atoms. The Morgan fingerprint density at radius 2 is 2.00 bits per heavy atom. The minimum absolute atomic E-state index is 0.0203. The lowest BCUT2D eigenvalue weighted by Gasteiger charge is -2.12. The molecule has 1 amide bonds. The Kier molecular flexibility index (Phi) is 6.47. The van der Waals surface area contributed by atoms with Crippen molar-refractivity contribution in [2.75, 3.05) is 23.8 Å². The van der Waals surface area contributed by atoms with Crippen LogP contribution in [0.15, 0.2) is 46.9 Å². The largest absolute Gasteiger partial charge is 0.492 e. The number of para-hydroxylation sites is 2. The van der Waals surface area contributed by atoms with Crippen LogP contribution in [-0.4, -0.2) is 19.1 Å². The number of anilines is 2. The van der Waals surface area contributed by atoms with E-state index < -0.39 is 0 Å². The smallest absolute Gasteiger partial charge is 0.226 e. The Bertz CT molecular complexity index is 674. The van der Waals surface area contributed by atoms with Gasteiger partial charge in [-0.1, -0.05) is 28.1 Å². The van der Waals surface area contributed by atoms with Crippen molar-refractivity contribution in [1.82, 2.24) is 0 Å². The van der Waals surface area contributed by atoms with Crippen LogP contribution in [0.2, 0.25) is 0 Å². The first kappa shape index (κ1) is 17.3. The Balaban J connectivity index is 1.84. The van der Waals surface area contributed by atoms with Gasteiger partial charge < -0.3 is 15.4 Å². The van der Waals surface area contributed by atoms with Crippen molar-refractivity contribution in [1.29, 1.82) is 0 Å². The lowest BCUT2D eigenvalue weighted by Crippen LogP contribution is -2.16. The third-order valence-electron chi connectivity index (χ3n) is 3.30. The van der Waals surface area contributed by atoms with Crippen molar-refractivity contribution in [3.63, 3.8) is 0 Å². The molecule has 2 aromatic carbocycles. The van der Waals surface area contributed by atoms with E-state index in [-0.39, 0.29) is 5.91 Å². The van der Waals surface area contributed by atoms with E-state index in [4.69, 9.17) is 4.74 Å². The van der Waals surface area contributed by atoms with E-state index in [0.717, 1.165) is 27.2 Å². The molecule has 0 unspecified atom stereocenters. The molecule has 0 fully saturated rings. The zero-order valence-corrected chi connectivity index (χ0v) is 14.9. The third kappa shape index (κ3) is 5.28. The number of nitrogens with one attached hydrogen (secondary N) is 2. The molecular weight excluding hydrogens is 356 g/mol. The molecule has 2 N–H and O–H groups in total. The first-order valence-electron chi connectivity index (χ1n) is 7.62. The maximum atomic E-state index is 12.0. The molecule has 0 atom stereocenters. The predicted octanol–water partition coefficient (Wildman–Crippen LogP) is 4.60.